The molecule has 0 aliphatic rings. The van der Waals surface area contributed by atoms with Crippen molar-refractivity contribution in [1.29, 1.82) is 0 Å². The molecule has 0 rings (SSSR count). The maximum Gasteiger partial charge on any atom is 0.326 e. The van der Waals surface area contributed by atoms with E-state index in [1.165, 1.54) is 6.92 Å². The highest BCUT2D eigenvalue weighted by Gasteiger charge is 2.22. The second kappa shape index (κ2) is 20.9. The molecule has 1 unspecified atom stereocenters. The molecule has 0 radical (unpaired) electrons. The van der Waals surface area contributed by atoms with E-state index in [-0.39, 0.29) is 71.3 Å². The fraction of sp³-hybridized carbons (Fsp3) is 0.696. The summed E-state index contributed by atoms with van der Waals surface area (Å²) in [5.41, 5.74) is 0. The number of carboxylic acid groups (broad SMARTS) is 3. The van der Waals surface area contributed by atoms with Gasteiger partial charge in [0.15, 0.2) is 0 Å². The predicted octanol–water partition coefficient (Wildman–Crippen LogP) is -2.44. The van der Waals surface area contributed by atoms with Gasteiger partial charge in [0.1, 0.15) is 18.7 Å². The summed E-state index contributed by atoms with van der Waals surface area (Å²) in [6.45, 7) is 0.946. The first-order chi connectivity index (χ1) is 19.6. The first-order valence-electron chi connectivity index (χ1n) is 12.8. The van der Waals surface area contributed by atoms with Crippen molar-refractivity contribution in [3.8, 4) is 0 Å². The number of hydrogen-bond donors (Lipinski definition) is 7. The molecule has 0 bridgehead atoms. The lowest BCUT2D eigenvalue weighted by Gasteiger charge is -2.15. The molecule has 0 aromatic heterocycles. The third-order valence-corrected chi connectivity index (χ3v) is 6.46. The Balaban J connectivity index is 3.97. The van der Waals surface area contributed by atoms with Gasteiger partial charge in [0.25, 0.3) is 0 Å². The first-order valence-corrected chi connectivity index (χ1v) is 14.5. The normalized spacial score (nSPS) is 12.4. The largest absolute Gasteiger partial charge is 0.481 e. The lowest BCUT2D eigenvalue weighted by molar-refractivity contribution is -0.143. The van der Waals surface area contributed by atoms with E-state index in [1.807, 2.05) is 4.72 Å². The van der Waals surface area contributed by atoms with Gasteiger partial charge in [-0.05, 0) is 26.2 Å². The van der Waals surface area contributed by atoms with Crippen LogP contribution in [0.1, 0.15) is 51.9 Å². The van der Waals surface area contributed by atoms with Crippen molar-refractivity contribution in [1.82, 2.24) is 20.7 Å². The van der Waals surface area contributed by atoms with E-state index in [9.17, 15) is 47.1 Å². The highest BCUT2D eigenvalue weighted by Crippen LogP contribution is 2.01. The molecule has 240 valence electrons. The molecule has 0 spiro atoms. The number of carboxylic acids is 3. The Bertz CT molecular complexity index is 1050. The van der Waals surface area contributed by atoms with Crippen LogP contribution in [-0.4, -0.2) is 116 Å². The van der Waals surface area contributed by atoms with Gasteiger partial charge in [-0.25, -0.2) is 13.2 Å². The molecule has 0 saturated heterocycles. The molecule has 7 N–H and O–H groups in total. The summed E-state index contributed by atoms with van der Waals surface area (Å²) in [5, 5.41) is 33.3. The highest BCUT2D eigenvalue weighted by molar-refractivity contribution is 7.90. The quantitative estimate of drug-likeness (QED) is 0.0548. The van der Waals surface area contributed by atoms with Gasteiger partial charge >= 0.3 is 17.9 Å². The third kappa shape index (κ3) is 21.0. The van der Waals surface area contributed by atoms with E-state index >= 15 is 0 Å². The van der Waals surface area contributed by atoms with Crippen LogP contribution >= 0.6 is 0 Å². The number of carbonyl (C=O) groups is 7. The maximum atomic E-state index is 11.9. The van der Waals surface area contributed by atoms with Crippen LogP contribution in [-0.2, 0) is 53.1 Å². The van der Waals surface area contributed by atoms with Gasteiger partial charge in [-0.15, -0.1) is 0 Å². The Morgan fingerprint density at radius 2 is 1.36 bits per heavy atom. The average Bonchev–Trinajstić information content (AvgIpc) is 2.87. The minimum Gasteiger partial charge on any atom is -0.481 e. The Morgan fingerprint density at radius 1 is 0.714 bits per heavy atom. The van der Waals surface area contributed by atoms with Crippen LogP contribution in [0.3, 0.4) is 0 Å². The van der Waals surface area contributed by atoms with Crippen LogP contribution < -0.4 is 20.7 Å². The van der Waals surface area contributed by atoms with Crippen molar-refractivity contribution in [2.45, 2.75) is 64.0 Å². The summed E-state index contributed by atoms with van der Waals surface area (Å²) in [4.78, 5) is 79.4. The molecular formula is C23H38N4O14S. The Morgan fingerprint density at radius 3 is 1.98 bits per heavy atom. The fourth-order valence-corrected chi connectivity index (χ4v) is 4.05. The number of nitrogens with one attached hydrogen (secondary N) is 4. The van der Waals surface area contributed by atoms with Crippen LogP contribution in [0.15, 0.2) is 0 Å². The molecule has 0 saturated carbocycles. The van der Waals surface area contributed by atoms with Crippen LogP contribution in [0.2, 0.25) is 0 Å². The summed E-state index contributed by atoms with van der Waals surface area (Å²) in [6, 6.07) is -2.53. The number of carbonyl (C=O) groups excluding carboxylic acids is 4. The summed E-state index contributed by atoms with van der Waals surface area (Å²) < 4.78 is 35.8. The van der Waals surface area contributed by atoms with Gasteiger partial charge in [0.2, 0.25) is 33.7 Å². The SMILES string of the molecule is CC(NC(=O)CC[C@H](NC(=O)COCCOCCNC(=O)CCCS(=O)(=O)NC(=O)CCCC(=O)O)C(=O)O)C(=O)O. The molecule has 0 aliphatic carbocycles. The lowest BCUT2D eigenvalue weighted by atomic mass is 10.1. The number of ether oxygens (including phenoxy) is 2. The molecule has 4 amide bonds. The van der Waals surface area contributed by atoms with Crippen molar-refractivity contribution in [3.63, 3.8) is 0 Å². The highest BCUT2D eigenvalue weighted by atomic mass is 32.2. The fourth-order valence-electron chi connectivity index (χ4n) is 2.98. The zero-order valence-electron chi connectivity index (χ0n) is 23.1. The minimum atomic E-state index is -3.95. The second-order valence-electron chi connectivity index (χ2n) is 8.83. The number of aliphatic carboxylic acids is 3. The third-order valence-electron chi connectivity index (χ3n) is 5.10. The van der Waals surface area contributed by atoms with Crippen molar-refractivity contribution < 1.29 is 66.8 Å². The number of sulfonamides is 1. The van der Waals surface area contributed by atoms with Gasteiger partial charge < -0.3 is 40.7 Å². The zero-order valence-corrected chi connectivity index (χ0v) is 23.9. The van der Waals surface area contributed by atoms with E-state index in [0.717, 1.165) is 0 Å². The Kier molecular flexibility index (Phi) is 19.0. The molecule has 2 atom stereocenters. The maximum absolute atomic E-state index is 11.9. The van der Waals surface area contributed by atoms with E-state index in [2.05, 4.69) is 16.0 Å². The molecule has 0 fully saturated rings. The minimum absolute atomic E-state index is 0.00239. The van der Waals surface area contributed by atoms with E-state index in [4.69, 9.17) is 19.7 Å². The topological polar surface area (TPSA) is 281 Å². The summed E-state index contributed by atoms with van der Waals surface area (Å²) in [5.74, 6) is -6.91. The molecule has 0 aromatic carbocycles. The van der Waals surface area contributed by atoms with Gasteiger partial charge in [-0.1, -0.05) is 0 Å². The molecule has 19 heteroatoms. The van der Waals surface area contributed by atoms with E-state index < -0.39 is 76.0 Å². The summed E-state index contributed by atoms with van der Waals surface area (Å²) in [6.07, 6.45) is -1.30. The number of amides is 4. The first kappa shape index (κ1) is 38.2. The van der Waals surface area contributed by atoms with Crippen LogP contribution in [0.4, 0.5) is 0 Å². The van der Waals surface area contributed by atoms with Crippen molar-refractivity contribution in [2.24, 2.45) is 0 Å². The van der Waals surface area contributed by atoms with E-state index in [0.29, 0.717) is 0 Å². The molecule has 0 heterocycles. The van der Waals surface area contributed by atoms with Crippen LogP contribution in [0.5, 0.6) is 0 Å². The monoisotopic (exact) mass is 626 g/mol. The van der Waals surface area contributed by atoms with E-state index in [1.54, 1.807) is 0 Å². The Hall–Kier alpha value is -3.84. The van der Waals surface area contributed by atoms with Crippen LogP contribution in [0, 0.1) is 0 Å². The second-order valence-corrected chi connectivity index (χ2v) is 10.7. The molecule has 0 aromatic rings. The number of rotatable bonds is 24. The molecular weight excluding hydrogens is 588 g/mol. The van der Waals surface area contributed by atoms with Gasteiger partial charge in [-0.3, -0.25) is 33.5 Å². The molecule has 42 heavy (non-hydrogen) atoms. The van der Waals surface area contributed by atoms with Crippen molar-refractivity contribution >= 4 is 51.6 Å². The van der Waals surface area contributed by atoms with Crippen LogP contribution in [0.25, 0.3) is 0 Å². The van der Waals surface area contributed by atoms with Gasteiger partial charge in [0, 0.05) is 32.2 Å². The van der Waals surface area contributed by atoms with Crippen molar-refractivity contribution in [2.75, 3.05) is 38.7 Å². The average molecular weight is 627 g/mol. The van der Waals surface area contributed by atoms with Gasteiger partial charge in [0.05, 0.1) is 25.6 Å². The van der Waals surface area contributed by atoms with Crippen molar-refractivity contribution in [3.05, 3.63) is 0 Å². The standard InChI is InChI=1S/C23H38N4O14S/c1-15(22(34)35)25-18(29)8-7-16(23(36)37)26-20(31)14-41-12-11-40-10-9-24-17(28)5-3-13-42(38,39)27-19(30)4-2-6-21(32)33/h15-16H,2-14H2,1H3,(H,24,28)(H,25,29)(H,26,31)(H,27,30)(H,32,33)(H,34,35)(H,36,37)/t15?,16-/m0/s1. The molecule has 18 nitrogen and oxygen atoms in total. The number of hydrogen-bond acceptors (Lipinski definition) is 11. The predicted molar refractivity (Wildman–Crippen MR) is 141 cm³/mol. The smallest absolute Gasteiger partial charge is 0.326 e. The zero-order chi connectivity index (χ0) is 32.1. The molecule has 0 aliphatic heterocycles. The summed E-state index contributed by atoms with van der Waals surface area (Å²) >= 11 is 0. The lowest BCUT2D eigenvalue weighted by Crippen LogP contribution is -2.44. The Labute approximate surface area is 241 Å². The summed E-state index contributed by atoms with van der Waals surface area (Å²) in [7, 11) is -3.95. The van der Waals surface area contributed by atoms with Gasteiger partial charge in [-0.2, -0.15) is 0 Å².